The molecule has 1 aromatic heterocycles. The van der Waals surface area contributed by atoms with Crippen LogP contribution in [0.1, 0.15) is 28.4 Å². The van der Waals surface area contributed by atoms with Gasteiger partial charge in [-0.1, -0.05) is 17.7 Å². The van der Waals surface area contributed by atoms with E-state index in [-0.39, 0.29) is 5.91 Å². The van der Waals surface area contributed by atoms with E-state index in [0.29, 0.717) is 24.6 Å². The zero-order chi connectivity index (χ0) is 14.5. The van der Waals surface area contributed by atoms with E-state index in [1.807, 2.05) is 39.0 Å². The molecule has 1 amide bonds. The van der Waals surface area contributed by atoms with Crippen LogP contribution in [-0.4, -0.2) is 22.3 Å². The summed E-state index contributed by atoms with van der Waals surface area (Å²) in [7, 11) is 0. The predicted octanol–water partition coefficient (Wildman–Crippen LogP) is 2.75. The molecule has 20 heavy (non-hydrogen) atoms. The lowest BCUT2D eigenvalue weighted by molar-refractivity contribution is 0.0792. The molecule has 0 radical (unpaired) electrons. The molecule has 0 unspecified atom stereocenters. The Morgan fingerprint density at radius 1 is 1.40 bits per heavy atom. The Morgan fingerprint density at radius 2 is 2.20 bits per heavy atom. The summed E-state index contributed by atoms with van der Waals surface area (Å²) in [5.41, 5.74) is 3.44. The van der Waals surface area contributed by atoms with E-state index in [1.165, 1.54) is 0 Å². The molecule has 0 aliphatic carbocycles. The van der Waals surface area contributed by atoms with Crippen molar-refractivity contribution in [2.24, 2.45) is 0 Å². The number of rotatable bonds is 5. The highest BCUT2D eigenvalue weighted by atomic mass is 16.5. The summed E-state index contributed by atoms with van der Waals surface area (Å²) in [6.45, 7) is 6.87. The van der Waals surface area contributed by atoms with Gasteiger partial charge in [-0.15, -0.1) is 0 Å². The molecule has 1 heterocycles. The number of nitrogens with zero attached hydrogens (tertiary/aromatic N) is 2. The number of ether oxygens (including phenoxy) is 1. The first-order valence-electron chi connectivity index (χ1n) is 6.59. The molecule has 1 aromatic carbocycles. The number of amides is 1. The van der Waals surface area contributed by atoms with Crippen LogP contribution in [0.25, 0.3) is 0 Å². The van der Waals surface area contributed by atoms with Crippen LogP contribution >= 0.6 is 0 Å². The molecule has 1 N–H and O–H groups in total. The number of hydrogen-bond acceptors (Lipinski definition) is 3. The Balaban J connectivity index is 2.05. The minimum atomic E-state index is -0.126. The van der Waals surface area contributed by atoms with Crippen molar-refractivity contribution in [1.29, 1.82) is 0 Å². The maximum atomic E-state index is 12.2. The Labute approximate surface area is 118 Å². The Hall–Kier alpha value is -2.14. The molecular formula is C15H19N3O2. The smallest absolute Gasteiger partial charge is 0.256 e. The van der Waals surface area contributed by atoms with Crippen LogP contribution in [0.3, 0.4) is 0 Å². The molecule has 0 aliphatic rings. The molecule has 0 saturated carbocycles. The van der Waals surface area contributed by atoms with Gasteiger partial charge >= 0.3 is 0 Å². The van der Waals surface area contributed by atoms with Crippen molar-refractivity contribution in [3.8, 4) is 0 Å². The van der Waals surface area contributed by atoms with Gasteiger partial charge in [-0.25, -0.2) is 4.68 Å². The highest BCUT2D eigenvalue weighted by Gasteiger charge is 2.10. The van der Waals surface area contributed by atoms with E-state index in [2.05, 4.69) is 10.4 Å². The molecule has 0 aliphatic heterocycles. The zero-order valence-corrected chi connectivity index (χ0v) is 12.0. The van der Waals surface area contributed by atoms with Gasteiger partial charge in [0.05, 0.1) is 18.1 Å². The van der Waals surface area contributed by atoms with Crippen LogP contribution in [0, 0.1) is 13.8 Å². The molecular weight excluding hydrogens is 254 g/mol. The van der Waals surface area contributed by atoms with Crippen molar-refractivity contribution in [1.82, 2.24) is 9.78 Å². The van der Waals surface area contributed by atoms with Crippen LogP contribution in [0.4, 0.5) is 5.69 Å². The van der Waals surface area contributed by atoms with E-state index in [4.69, 9.17) is 4.74 Å². The Morgan fingerprint density at radius 3 is 2.90 bits per heavy atom. The molecule has 0 spiro atoms. The standard InChI is InChI=1S/C15H19N3O2/c1-4-20-10-18-9-13(8-16-18)17-15(19)14-6-5-11(2)7-12(14)3/h5-9H,4,10H2,1-3H3,(H,17,19). The summed E-state index contributed by atoms with van der Waals surface area (Å²) >= 11 is 0. The van der Waals surface area contributed by atoms with Gasteiger partial charge in [0.1, 0.15) is 6.73 Å². The first-order chi connectivity index (χ1) is 9.60. The molecule has 5 heteroatoms. The van der Waals surface area contributed by atoms with E-state index in [9.17, 15) is 4.79 Å². The number of carbonyl (C=O) groups is 1. The molecule has 0 atom stereocenters. The quantitative estimate of drug-likeness (QED) is 0.911. The fourth-order valence-electron chi connectivity index (χ4n) is 1.95. The minimum absolute atomic E-state index is 0.126. The van der Waals surface area contributed by atoms with Gasteiger partial charge in [0.2, 0.25) is 0 Å². The topological polar surface area (TPSA) is 56.1 Å². The minimum Gasteiger partial charge on any atom is -0.360 e. The fraction of sp³-hybridized carbons (Fsp3) is 0.333. The van der Waals surface area contributed by atoms with E-state index >= 15 is 0 Å². The van der Waals surface area contributed by atoms with E-state index in [0.717, 1.165) is 11.1 Å². The van der Waals surface area contributed by atoms with Crippen LogP contribution in [-0.2, 0) is 11.5 Å². The van der Waals surface area contributed by atoms with Crippen LogP contribution < -0.4 is 5.32 Å². The first kappa shape index (κ1) is 14.3. The monoisotopic (exact) mass is 273 g/mol. The van der Waals surface area contributed by atoms with Crippen molar-refractivity contribution in [3.63, 3.8) is 0 Å². The number of aryl methyl sites for hydroxylation is 2. The normalized spacial score (nSPS) is 10.6. The van der Waals surface area contributed by atoms with E-state index < -0.39 is 0 Å². The summed E-state index contributed by atoms with van der Waals surface area (Å²) in [5.74, 6) is -0.126. The zero-order valence-electron chi connectivity index (χ0n) is 12.0. The molecule has 2 aromatic rings. The van der Waals surface area contributed by atoms with Crippen molar-refractivity contribution >= 4 is 11.6 Å². The SMILES string of the molecule is CCOCn1cc(NC(=O)c2ccc(C)cc2C)cn1. The third-order valence-corrected chi connectivity index (χ3v) is 2.95. The van der Waals surface area contributed by atoms with Crippen molar-refractivity contribution in [3.05, 3.63) is 47.3 Å². The lowest BCUT2D eigenvalue weighted by Gasteiger charge is -2.06. The van der Waals surface area contributed by atoms with Gasteiger partial charge in [0, 0.05) is 12.2 Å². The third kappa shape index (κ3) is 3.45. The van der Waals surface area contributed by atoms with E-state index in [1.54, 1.807) is 17.1 Å². The summed E-state index contributed by atoms with van der Waals surface area (Å²) < 4.78 is 6.88. The predicted molar refractivity (Wildman–Crippen MR) is 77.7 cm³/mol. The second kappa shape index (κ2) is 6.34. The lowest BCUT2D eigenvalue weighted by Crippen LogP contribution is -2.13. The van der Waals surface area contributed by atoms with Crippen molar-refractivity contribution in [2.45, 2.75) is 27.5 Å². The molecule has 106 valence electrons. The third-order valence-electron chi connectivity index (χ3n) is 2.95. The van der Waals surface area contributed by atoms with Gasteiger partial charge < -0.3 is 10.1 Å². The summed E-state index contributed by atoms with van der Waals surface area (Å²) in [6.07, 6.45) is 3.36. The summed E-state index contributed by atoms with van der Waals surface area (Å²) in [5, 5.41) is 6.95. The second-order valence-corrected chi connectivity index (χ2v) is 4.66. The number of anilines is 1. The van der Waals surface area contributed by atoms with Crippen LogP contribution in [0.15, 0.2) is 30.6 Å². The summed E-state index contributed by atoms with van der Waals surface area (Å²) in [6, 6.07) is 5.76. The van der Waals surface area contributed by atoms with Crippen LogP contribution in [0.2, 0.25) is 0 Å². The highest BCUT2D eigenvalue weighted by Crippen LogP contribution is 2.13. The van der Waals surface area contributed by atoms with Gasteiger partial charge in [-0.2, -0.15) is 5.10 Å². The molecule has 0 bridgehead atoms. The number of hydrogen-bond donors (Lipinski definition) is 1. The average molecular weight is 273 g/mol. The highest BCUT2D eigenvalue weighted by molar-refractivity contribution is 6.05. The summed E-state index contributed by atoms with van der Waals surface area (Å²) in [4.78, 5) is 12.2. The van der Waals surface area contributed by atoms with Gasteiger partial charge in [-0.3, -0.25) is 4.79 Å². The van der Waals surface area contributed by atoms with Crippen LogP contribution in [0.5, 0.6) is 0 Å². The fourth-order valence-corrected chi connectivity index (χ4v) is 1.95. The maximum Gasteiger partial charge on any atom is 0.256 e. The van der Waals surface area contributed by atoms with Gasteiger partial charge in [0.15, 0.2) is 0 Å². The number of nitrogens with one attached hydrogen (secondary N) is 1. The van der Waals surface area contributed by atoms with Crippen molar-refractivity contribution in [2.75, 3.05) is 11.9 Å². The molecule has 0 saturated heterocycles. The number of aromatic nitrogens is 2. The Kier molecular flexibility index (Phi) is 4.53. The molecule has 5 nitrogen and oxygen atoms in total. The number of benzene rings is 1. The Bertz CT molecular complexity index is 605. The lowest BCUT2D eigenvalue weighted by atomic mass is 10.1. The average Bonchev–Trinajstić information content (AvgIpc) is 2.83. The van der Waals surface area contributed by atoms with Gasteiger partial charge in [-0.05, 0) is 32.4 Å². The first-order valence-corrected chi connectivity index (χ1v) is 6.59. The molecule has 0 fully saturated rings. The number of carbonyl (C=O) groups excluding carboxylic acids is 1. The maximum absolute atomic E-state index is 12.2. The van der Waals surface area contributed by atoms with Crippen molar-refractivity contribution < 1.29 is 9.53 Å². The second-order valence-electron chi connectivity index (χ2n) is 4.66. The van der Waals surface area contributed by atoms with Gasteiger partial charge in [0.25, 0.3) is 5.91 Å². The largest absolute Gasteiger partial charge is 0.360 e. The molecule has 2 rings (SSSR count).